The fourth-order valence-electron chi connectivity index (χ4n) is 3.28. The molecule has 0 aromatic heterocycles. The Morgan fingerprint density at radius 1 is 1.04 bits per heavy atom. The first-order valence-corrected chi connectivity index (χ1v) is 8.28. The third-order valence-electron chi connectivity index (χ3n) is 4.60. The monoisotopic (exact) mass is 324 g/mol. The van der Waals surface area contributed by atoms with Crippen molar-refractivity contribution in [2.24, 2.45) is 0 Å². The van der Waals surface area contributed by atoms with Crippen LogP contribution < -0.4 is 20.1 Å². The fraction of sp³-hybridized carbons (Fsp3) is 0.316. The maximum absolute atomic E-state index is 12.3. The zero-order valence-corrected chi connectivity index (χ0v) is 13.6. The van der Waals surface area contributed by atoms with E-state index < -0.39 is 0 Å². The third-order valence-corrected chi connectivity index (χ3v) is 4.60. The van der Waals surface area contributed by atoms with Gasteiger partial charge in [-0.2, -0.15) is 0 Å². The molecule has 124 valence electrons. The number of amides is 2. The molecule has 2 N–H and O–H groups in total. The smallest absolute Gasteiger partial charge is 0.319 e. The molecule has 0 radical (unpaired) electrons. The minimum atomic E-state index is -0.210. The van der Waals surface area contributed by atoms with Crippen LogP contribution in [0.2, 0.25) is 0 Å². The predicted molar refractivity (Wildman–Crippen MR) is 91.6 cm³/mol. The molecule has 5 nitrogen and oxygen atoms in total. The van der Waals surface area contributed by atoms with Crippen LogP contribution in [0.15, 0.2) is 36.4 Å². The highest BCUT2D eigenvalue weighted by Crippen LogP contribution is 2.34. The van der Waals surface area contributed by atoms with Gasteiger partial charge in [0.25, 0.3) is 0 Å². The number of carbonyl (C=O) groups is 1. The number of hydrogen-bond acceptors (Lipinski definition) is 3. The van der Waals surface area contributed by atoms with Gasteiger partial charge in [0.2, 0.25) is 6.79 Å². The molecule has 4 rings (SSSR count). The zero-order chi connectivity index (χ0) is 16.5. The summed E-state index contributed by atoms with van der Waals surface area (Å²) >= 11 is 0. The van der Waals surface area contributed by atoms with Crippen molar-refractivity contribution in [1.82, 2.24) is 5.32 Å². The molecule has 0 spiro atoms. The van der Waals surface area contributed by atoms with Gasteiger partial charge in [-0.1, -0.05) is 12.1 Å². The van der Waals surface area contributed by atoms with E-state index in [4.69, 9.17) is 9.47 Å². The van der Waals surface area contributed by atoms with Crippen molar-refractivity contribution in [3.8, 4) is 11.5 Å². The van der Waals surface area contributed by atoms with E-state index in [9.17, 15) is 4.79 Å². The number of fused-ring (bicyclic) bond motifs is 2. The lowest BCUT2D eigenvalue weighted by Crippen LogP contribution is -2.31. The zero-order valence-electron chi connectivity index (χ0n) is 13.6. The summed E-state index contributed by atoms with van der Waals surface area (Å²) < 4.78 is 10.7. The van der Waals surface area contributed by atoms with Gasteiger partial charge in [0, 0.05) is 5.69 Å². The number of ether oxygens (including phenoxy) is 2. The summed E-state index contributed by atoms with van der Waals surface area (Å²) in [4.78, 5) is 12.3. The van der Waals surface area contributed by atoms with Gasteiger partial charge in [-0.3, -0.25) is 0 Å². The van der Waals surface area contributed by atoms with Gasteiger partial charge < -0.3 is 20.1 Å². The molecule has 1 aliphatic carbocycles. The van der Waals surface area contributed by atoms with Crippen LogP contribution in [-0.4, -0.2) is 12.8 Å². The van der Waals surface area contributed by atoms with Crippen molar-refractivity contribution in [3.63, 3.8) is 0 Å². The Morgan fingerprint density at radius 3 is 2.79 bits per heavy atom. The van der Waals surface area contributed by atoms with Crippen molar-refractivity contribution in [1.29, 1.82) is 0 Å². The van der Waals surface area contributed by atoms with Crippen LogP contribution in [0.25, 0.3) is 0 Å². The average Bonchev–Trinajstić information content (AvgIpc) is 3.22. The molecule has 1 heterocycles. The molecular weight excluding hydrogens is 304 g/mol. The number of carbonyl (C=O) groups excluding carboxylic acids is 1. The first-order chi connectivity index (χ1) is 11.7. The van der Waals surface area contributed by atoms with Gasteiger partial charge >= 0.3 is 6.03 Å². The van der Waals surface area contributed by atoms with Crippen LogP contribution in [0.4, 0.5) is 10.5 Å². The Hall–Kier alpha value is -2.69. The molecular formula is C19H20N2O3. The van der Waals surface area contributed by atoms with Crippen molar-refractivity contribution in [2.45, 2.75) is 32.2 Å². The summed E-state index contributed by atoms with van der Waals surface area (Å²) in [7, 11) is 0. The Labute approximate surface area is 141 Å². The van der Waals surface area contributed by atoms with Crippen LogP contribution >= 0.6 is 0 Å². The van der Waals surface area contributed by atoms with Gasteiger partial charge in [-0.05, 0) is 67.1 Å². The molecule has 2 aliphatic rings. The Kier molecular flexibility index (Phi) is 3.76. The minimum Gasteiger partial charge on any atom is -0.454 e. The molecule has 2 aromatic rings. The normalized spacial score (nSPS) is 15.7. The molecule has 2 aromatic carbocycles. The first-order valence-electron chi connectivity index (χ1n) is 8.28. The molecule has 24 heavy (non-hydrogen) atoms. The largest absolute Gasteiger partial charge is 0.454 e. The van der Waals surface area contributed by atoms with Gasteiger partial charge in [0.05, 0.1) is 6.04 Å². The highest BCUT2D eigenvalue weighted by atomic mass is 16.7. The summed E-state index contributed by atoms with van der Waals surface area (Å²) in [5.74, 6) is 1.47. The number of benzene rings is 2. The van der Waals surface area contributed by atoms with Crippen LogP contribution in [0, 0.1) is 0 Å². The number of anilines is 1. The van der Waals surface area contributed by atoms with Crippen molar-refractivity contribution >= 4 is 11.7 Å². The standard InChI is InChI=1S/C19H20N2O3/c1-12(14-6-8-17-18(10-14)24-11-23-17)20-19(22)21-16-7-5-13-3-2-4-15(13)9-16/h5-10,12H,2-4,11H2,1H3,(H2,20,21,22)/t12-/m1/s1. The van der Waals surface area contributed by atoms with Crippen LogP contribution in [0.5, 0.6) is 11.5 Å². The minimum absolute atomic E-state index is 0.131. The second kappa shape index (κ2) is 6.07. The maximum atomic E-state index is 12.3. The van der Waals surface area contributed by atoms with Crippen molar-refractivity contribution in [2.75, 3.05) is 12.1 Å². The highest BCUT2D eigenvalue weighted by Gasteiger charge is 2.17. The van der Waals surface area contributed by atoms with E-state index in [1.807, 2.05) is 31.2 Å². The van der Waals surface area contributed by atoms with Gasteiger partial charge in [0.1, 0.15) is 0 Å². The maximum Gasteiger partial charge on any atom is 0.319 e. The Morgan fingerprint density at radius 2 is 1.88 bits per heavy atom. The molecule has 0 saturated carbocycles. The molecule has 0 fully saturated rings. The van der Waals surface area contributed by atoms with Crippen LogP contribution in [0.1, 0.15) is 36.1 Å². The van der Waals surface area contributed by atoms with E-state index in [0.717, 1.165) is 35.6 Å². The lowest BCUT2D eigenvalue weighted by molar-refractivity contribution is 0.174. The molecule has 0 unspecified atom stereocenters. The molecule has 5 heteroatoms. The summed E-state index contributed by atoms with van der Waals surface area (Å²) in [5, 5.41) is 5.88. The Bertz CT molecular complexity index is 788. The van der Waals surface area contributed by atoms with E-state index in [1.165, 1.54) is 17.5 Å². The number of aryl methyl sites for hydroxylation is 2. The van der Waals surface area contributed by atoms with Crippen LogP contribution in [-0.2, 0) is 12.8 Å². The van der Waals surface area contributed by atoms with Gasteiger partial charge in [0.15, 0.2) is 11.5 Å². The summed E-state index contributed by atoms with van der Waals surface area (Å²) in [5.41, 5.74) is 4.56. The topological polar surface area (TPSA) is 59.6 Å². The van der Waals surface area contributed by atoms with E-state index in [-0.39, 0.29) is 18.9 Å². The molecule has 0 bridgehead atoms. The number of hydrogen-bond donors (Lipinski definition) is 2. The molecule has 1 atom stereocenters. The SMILES string of the molecule is C[C@@H](NC(=O)Nc1ccc2c(c1)CCC2)c1ccc2c(c1)OCO2. The van der Waals surface area contributed by atoms with Crippen molar-refractivity contribution in [3.05, 3.63) is 53.1 Å². The molecule has 2 amide bonds. The first kappa shape index (κ1) is 14.9. The van der Waals surface area contributed by atoms with E-state index in [1.54, 1.807) is 0 Å². The lowest BCUT2D eigenvalue weighted by atomic mass is 10.1. The summed E-state index contributed by atoms with van der Waals surface area (Å²) in [6, 6.07) is 11.5. The number of urea groups is 1. The second-order valence-electron chi connectivity index (χ2n) is 6.27. The summed E-state index contributed by atoms with van der Waals surface area (Å²) in [6.07, 6.45) is 3.44. The van der Waals surface area contributed by atoms with E-state index in [0.29, 0.717) is 0 Å². The molecule has 1 aliphatic heterocycles. The highest BCUT2D eigenvalue weighted by molar-refractivity contribution is 5.89. The van der Waals surface area contributed by atoms with Gasteiger partial charge in [-0.25, -0.2) is 4.79 Å². The second-order valence-corrected chi connectivity index (χ2v) is 6.27. The fourth-order valence-corrected chi connectivity index (χ4v) is 3.28. The van der Waals surface area contributed by atoms with E-state index >= 15 is 0 Å². The van der Waals surface area contributed by atoms with E-state index in [2.05, 4.69) is 22.8 Å². The third kappa shape index (κ3) is 2.89. The quantitative estimate of drug-likeness (QED) is 0.903. The number of rotatable bonds is 3. The lowest BCUT2D eigenvalue weighted by Gasteiger charge is -2.16. The number of nitrogens with one attached hydrogen (secondary N) is 2. The Balaban J connectivity index is 1.40. The molecule has 0 saturated heterocycles. The average molecular weight is 324 g/mol. The predicted octanol–water partition coefficient (Wildman–Crippen LogP) is 3.79. The summed E-state index contributed by atoms with van der Waals surface area (Å²) in [6.45, 7) is 2.19. The van der Waals surface area contributed by atoms with Gasteiger partial charge in [-0.15, -0.1) is 0 Å². The van der Waals surface area contributed by atoms with Crippen molar-refractivity contribution < 1.29 is 14.3 Å². The van der Waals surface area contributed by atoms with Crippen LogP contribution in [0.3, 0.4) is 0 Å².